The fraction of sp³-hybridized carbons (Fsp3) is 0. The van der Waals surface area contributed by atoms with E-state index in [0.29, 0.717) is 0 Å². The summed E-state index contributed by atoms with van der Waals surface area (Å²) in [5.74, 6) is 5.22. The minimum absolute atomic E-state index is 0.0105. The lowest BCUT2D eigenvalue weighted by Gasteiger charge is -1.96. The summed E-state index contributed by atoms with van der Waals surface area (Å²) in [6.45, 7) is 0. The van der Waals surface area contributed by atoms with Crippen molar-refractivity contribution in [1.82, 2.24) is 9.97 Å². The highest BCUT2D eigenvalue weighted by molar-refractivity contribution is 5.60. The zero-order chi connectivity index (χ0) is 13.0. The summed E-state index contributed by atoms with van der Waals surface area (Å²) < 4.78 is 0. The van der Waals surface area contributed by atoms with Gasteiger partial charge in [-0.25, -0.2) is 9.97 Å². The Morgan fingerprint density at radius 3 is 2.56 bits per heavy atom. The van der Waals surface area contributed by atoms with E-state index in [1.54, 1.807) is 12.1 Å². The Morgan fingerprint density at radius 1 is 1.17 bits per heavy atom. The molecule has 0 aliphatic carbocycles. The van der Waals surface area contributed by atoms with Crippen LogP contribution >= 0.6 is 0 Å². The largest absolute Gasteiger partial charge is 0.378 e. The quantitative estimate of drug-likeness (QED) is 0.461. The van der Waals surface area contributed by atoms with E-state index >= 15 is 0 Å². The van der Waals surface area contributed by atoms with Gasteiger partial charge in [0.05, 0.1) is 4.92 Å². The van der Waals surface area contributed by atoms with Crippen LogP contribution in [0.4, 0.5) is 11.5 Å². The Labute approximate surface area is 103 Å². The molecule has 0 unspecified atom stereocenters. The average molecular weight is 240 g/mol. The lowest BCUT2D eigenvalue weighted by Crippen LogP contribution is -2.02. The number of hydrogen-bond donors (Lipinski definition) is 1. The van der Waals surface area contributed by atoms with Crippen molar-refractivity contribution in [2.75, 3.05) is 5.73 Å². The standard InChI is InChI=1S/C12H8N4O2/c13-12-11(16(17)18)10(14-8-15-12)7-6-9-4-2-1-3-5-9/h1-5,8H,(H2,13,14,15). The van der Waals surface area contributed by atoms with Gasteiger partial charge < -0.3 is 5.73 Å². The number of benzene rings is 1. The van der Waals surface area contributed by atoms with Crippen molar-refractivity contribution in [2.24, 2.45) is 0 Å². The predicted octanol–water partition coefficient (Wildman–Crippen LogP) is 1.37. The average Bonchev–Trinajstić information content (AvgIpc) is 2.37. The monoisotopic (exact) mass is 240 g/mol. The molecular formula is C12H8N4O2. The number of hydrogen-bond acceptors (Lipinski definition) is 5. The first-order valence-corrected chi connectivity index (χ1v) is 5.00. The van der Waals surface area contributed by atoms with Crippen LogP contribution < -0.4 is 5.73 Å². The molecule has 2 rings (SSSR count). The highest BCUT2D eigenvalue weighted by atomic mass is 16.6. The third kappa shape index (κ3) is 2.41. The van der Waals surface area contributed by atoms with E-state index in [0.717, 1.165) is 11.9 Å². The predicted molar refractivity (Wildman–Crippen MR) is 65.5 cm³/mol. The Morgan fingerprint density at radius 2 is 1.89 bits per heavy atom. The first-order chi connectivity index (χ1) is 8.68. The highest BCUT2D eigenvalue weighted by Crippen LogP contribution is 2.20. The molecule has 0 atom stereocenters. The third-order valence-electron chi connectivity index (χ3n) is 2.13. The van der Waals surface area contributed by atoms with Gasteiger partial charge in [0, 0.05) is 5.56 Å². The van der Waals surface area contributed by atoms with Gasteiger partial charge in [0.1, 0.15) is 6.33 Å². The summed E-state index contributed by atoms with van der Waals surface area (Å²) in [6.07, 6.45) is 1.15. The van der Waals surface area contributed by atoms with Gasteiger partial charge >= 0.3 is 5.69 Å². The second-order valence-corrected chi connectivity index (χ2v) is 3.33. The van der Waals surface area contributed by atoms with Gasteiger partial charge in [0.25, 0.3) is 0 Å². The van der Waals surface area contributed by atoms with Crippen LogP contribution in [0.5, 0.6) is 0 Å². The molecule has 0 aliphatic heterocycles. The molecule has 2 N–H and O–H groups in total. The van der Waals surface area contributed by atoms with E-state index in [1.807, 2.05) is 18.2 Å². The summed E-state index contributed by atoms with van der Waals surface area (Å²) >= 11 is 0. The normalized spacial score (nSPS) is 9.33. The summed E-state index contributed by atoms with van der Waals surface area (Å²) in [5, 5.41) is 10.8. The van der Waals surface area contributed by atoms with Crippen LogP contribution in [0.15, 0.2) is 36.7 Å². The molecule has 6 nitrogen and oxygen atoms in total. The third-order valence-corrected chi connectivity index (χ3v) is 2.13. The Balaban J connectivity index is 2.45. The van der Waals surface area contributed by atoms with E-state index in [1.165, 1.54) is 0 Å². The van der Waals surface area contributed by atoms with Crippen molar-refractivity contribution in [3.63, 3.8) is 0 Å². The molecule has 6 heteroatoms. The summed E-state index contributed by atoms with van der Waals surface area (Å²) in [4.78, 5) is 17.5. The minimum atomic E-state index is -0.635. The maximum atomic E-state index is 10.8. The summed E-state index contributed by atoms with van der Waals surface area (Å²) in [7, 11) is 0. The van der Waals surface area contributed by atoms with Crippen molar-refractivity contribution in [2.45, 2.75) is 0 Å². The molecule has 0 spiro atoms. The first kappa shape index (κ1) is 11.5. The van der Waals surface area contributed by atoms with E-state index < -0.39 is 4.92 Å². The molecule has 0 radical (unpaired) electrons. The first-order valence-electron chi connectivity index (χ1n) is 5.00. The van der Waals surface area contributed by atoms with Crippen LogP contribution in [0.2, 0.25) is 0 Å². The topological polar surface area (TPSA) is 94.9 Å². The van der Waals surface area contributed by atoms with Crippen molar-refractivity contribution < 1.29 is 4.92 Å². The zero-order valence-corrected chi connectivity index (χ0v) is 9.20. The number of nitrogen functional groups attached to an aromatic ring is 1. The Kier molecular flexibility index (Phi) is 3.16. The molecule has 18 heavy (non-hydrogen) atoms. The number of nitrogens with zero attached hydrogens (tertiary/aromatic N) is 3. The molecule has 1 aromatic heterocycles. The summed E-state index contributed by atoms with van der Waals surface area (Å²) in [5.41, 5.74) is 5.82. The minimum Gasteiger partial charge on any atom is -0.378 e. The van der Waals surface area contributed by atoms with Crippen LogP contribution in [0.3, 0.4) is 0 Å². The second-order valence-electron chi connectivity index (χ2n) is 3.33. The Bertz CT molecular complexity index is 644. The van der Waals surface area contributed by atoms with Gasteiger partial charge in [-0.3, -0.25) is 10.1 Å². The molecule has 0 saturated carbocycles. The van der Waals surface area contributed by atoms with Crippen molar-refractivity contribution in [1.29, 1.82) is 0 Å². The molecule has 2 aromatic rings. The number of nitrogens with two attached hydrogens (primary N) is 1. The van der Waals surface area contributed by atoms with Gasteiger partial charge in [0.15, 0.2) is 5.69 Å². The lowest BCUT2D eigenvalue weighted by molar-refractivity contribution is -0.384. The van der Waals surface area contributed by atoms with E-state index in [2.05, 4.69) is 21.8 Å². The van der Waals surface area contributed by atoms with Gasteiger partial charge in [-0.1, -0.05) is 24.1 Å². The van der Waals surface area contributed by atoms with Crippen LogP contribution in [-0.2, 0) is 0 Å². The number of aromatic nitrogens is 2. The van der Waals surface area contributed by atoms with Gasteiger partial charge in [0.2, 0.25) is 5.82 Å². The molecule has 0 fully saturated rings. The maximum absolute atomic E-state index is 10.8. The number of rotatable bonds is 1. The zero-order valence-electron chi connectivity index (χ0n) is 9.20. The molecule has 0 aliphatic rings. The second kappa shape index (κ2) is 4.93. The van der Waals surface area contributed by atoms with Gasteiger partial charge in [-0.05, 0) is 18.1 Å². The fourth-order valence-corrected chi connectivity index (χ4v) is 1.32. The maximum Gasteiger partial charge on any atom is 0.345 e. The molecule has 0 saturated heterocycles. The molecule has 0 amide bonds. The molecule has 0 bridgehead atoms. The van der Waals surface area contributed by atoms with E-state index in [4.69, 9.17) is 5.73 Å². The molecule has 1 aromatic carbocycles. The SMILES string of the molecule is Nc1ncnc(C#Cc2ccccc2)c1[N+](=O)[O-]. The van der Waals surface area contributed by atoms with E-state index in [-0.39, 0.29) is 17.2 Å². The van der Waals surface area contributed by atoms with Crippen molar-refractivity contribution in [3.05, 3.63) is 58.0 Å². The van der Waals surface area contributed by atoms with Gasteiger partial charge in [-0.2, -0.15) is 0 Å². The lowest BCUT2D eigenvalue weighted by atomic mass is 10.2. The van der Waals surface area contributed by atoms with Gasteiger partial charge in [-0.15, -0.1) is 0 Å². The highest BCUT2D eigenvalue weighted by Gasteiger charge is 2.18. The van der Waals surface area contributed by atoms with Crippen molar-refractivity contribution >= 4 is 11.5 Å². The van der Waals surface area contributed by atoms with Crippen LogP contribution in [-0.4, -0.2) is 14.9 Å². The number of nitro groups is 1. The van der Waals surface area contributed by atoms with E-state index in [9.17, 15) is 10.1 Å². The van der Waals surface area contributed by atoms with Crippen LogP contribution in [0.25, 0.3) is 0 Å². The molecule has 1 heterocycles. The number of anilines is 1. The van der Waals surface area contributed by atoms with Crippen molar-refractivity contribution in [3.8, 4) is 11.8 Å². The molecular weight excluding hydrogens is 232 g/mol. The Hall–Kier alpha value is -2.94. The van der Waals surface area contributed by atoms with Crippen LogP contribution in [0, 0.1) is 22.0 Å². The summed E-state index contributed by atoms with van der Waals surface area (Å²) in [6, 6.07) is 9.10. The smallest absolute Gasteiger partial charge is 0.345 e. The van der Waals surface area contributed by atoms with Crippen LogP contribution in [0.1, 0.15) is 11.3 Å². The molecule has 88 valence electrons. The fourth-order valence-electron chi connectivity index (χ4n) is 1.32.